The highest BCUT2D eigenvalue weighted by Crippen LogP contribution is 2.36. The molecule has 0 aliphatic heterocycles. The lowest BCUT2D eigenvalue weighted by Gasteiger charge is -2.00. The Morgan fingerprint density at radius 2 is 1.63 bits per heavy atom. The second-order valence-electron chi connectivity index (χ2n) is 5.15. The van der Waals surface area contributed by atoms with Crippen LogP contribution in [0.25, 0.3) is 32.7 Å². The van der Waals surface area contributed by atoms with Gasteiger partial charge in [-0.05, 0) is 41.8 Å². The van der Waals surface area contributed by atoms with E-state index in [-0.39, 0.29) is 0 Å². The molecule has 0 atom stereocenters. The summed E-state index contributed by atoms with van der Waals surface area (Å²) in [6.45, 7) is 4.25. The van der Waals surface area contributed by atoms with Crippen molar-refractivity contribution in [1.29, 1.82) is 0 Å². The third-order valence-electron chi connectivity index (χ3n) is 4.05. The molecule has 0 saturated heterocycles. The molecule has 0 amide bonds. The molecule has 0 bridgehead atoms. The summed E-state index contributed by atoms with van der Waals surface area (Å²) < 4.78 is 6.07. The largest absolute Gasteiger partial charge is 0.456 e. The summed E-state index contributed by atoms with van der Waals surface area (Å²) in [6.07, 6.45) is 0. The van der Waals surface area contributed by atoms with E-state index in [9.17, 15) is 0 Å². The minimum Gasteiger partial charge on any atom is -0.456 e. The maximum absolute atomic E-state index is 6.07. The van der Waals surface area contributed by atoms with Gasteiger partial charge in [0.15, 0.2) is 0 Å². The van der Waals surface area contributed by atoms with E-state index in [1.807, 2.05) is 0 Å². The molecule has 92 valence electrons. The first kappa shape index (κ1) is 10.6. The minimum absolute atomic E-state index is 0.974. The number of fused-ring (bicyclic) bond motifs is 5. The topological polar surface area (TPSA) is 13.1 Å². The fraction of sp³-hybridized carbons (Fsp3) is 0.111. The molecule has 1 heterocycles. The maximum Gasteiger partial charge on any atom is 0.138 e. The smallest absolute Gasteiger partial charge is 0.138 e. The van der Waals surface area contributed by atoms with Crippen molar-refractivity contribution in [3.8, 4) is 0 Å². The predicted molar refractivity (Wildman–Crippen MR) is 80.7 cm³/mol. The van der Waals surface area contributed by atoms with E-state index in [0.29, 0.717) is 0 Å². The Hall–Kier alpha value is -2.28. The van der Waals surface area contributed by atoms with Crippen molar-refractivity contribution in [3.05, 3.63) is 59.7 Å². The van der Waals surface area contributed by atoms with E-state index in [1.165, 1.54) is 32.7 Å². The third-order valence-corrected chi connectivity index (χ3v) is 4.05. The van der Waals surface area contributed by atoms with Gasteiger partial charge in [-0.25, -0.2) is 0 Å². The summed E-state index contributed by atoms with van der Waals surface area (Å²) in [7, 11) is 0. The second kappa shape index (κ2) is 3.61. The fourth-order valence-corrected chi connectivity index (χ4v) is 2.84. The molecule has 0 fully saturated rings. The Morgan fingerprint density at radius 1 is 0.789 bits per heavy atom. The highest BCUT2D eigenvalue weighted by molar-refractivity contribution is 6.19. The Morgan fingerprint density at radius 3 is 2.53 bits per heavy atom. The number of furan rings is 1. The minimum atomic E-state index is 0.974. The lowest BCUT2D eigenvalue weighted by atomic mass is 10.0. The normalized spacial score (nSPS) is 11.7. The molecule has 0 saturated carbocycles. The first-order chi connectivity index (χ1) is 9.25. The van der Waals surface area contributed by atoms with E-state index >= 15 is 0 Å². The molecule has 0 unspecified atom stereocenters. The third kappa shape index (κ3) is 1.36. The molecular formula is C18H14O. The van der Waals surface area contributed by atoms with Gasteiger partial charge < -0.3 is 4.42 Å². The van der Waals surface area contributed by atoms with Crippen LogP contribution in [0.2, 0.25) is 0 Å². The molecule has 0 aliphatic carbocycles. The van der Waals surface area contributed by atoms with Gasteiger partial charge in [0.25, 0.3) is 0 Å². The van der Waals surface area contributed by atoms with E-state index in [1.54, 1.807) is 0 Å². The van der Waals surface area contributed by atoms with E-state index in [2.05, 4.69) is 62.4 Å². The zero-order valence-corrected chi connectivity index (χ0v) is 11.0. The summed E-state index contributed by atoms with van der Waals surface area (Å²) >= 11 is 0. The van der Waals surface area contributed by atoms with Crippen molar-refractivity contribution in [1.82, 2.24) is 0 Å². The van der Waals surface area contributed by atoms with Crippen molar-refractivity contribution in [2.24, 2.45) is 0 Å². The Bertz CT molecular complexity index is 929. The summed E-state index contributed by atoms with van der Waals surface area (Å²) in [5.41, 5.74) is 4.50. The van der Waals surface area contributed by atoms with Gasteiger partial charge in [-0.15, -0.1) is 0 Å². The number of benzene rings is 3. The van der Waals surface area contributed by atoms with Crippen LogP contribution in [0.5, 0.6) is 0 Å². The maximum atomic E-state index is 6.07. The van der Waals surface area contributed by atoms with Crippen molar-refractivity contribution in [2.75, 3.05) is 0 Å². The van der Waals surface area contributed by atoms with Gasteiger partial charge in [0.2, 0.25) is 0 Å². The monoisotopic (exact) mass is 246 g/mol. The summed E-state index contributed by atoms with van der Waals surface area (Å²) in [5, 5.41) is 4.98. The van der Waals surface area contributed by atoms with Crippen LogP contribution in [-0.4, -0.2) is 0 Å². The molecule has 4 rings (SSSR count). The molecule has 1 aromatic heterocycles. The number of hydrogen-bond acceptors (Lipinski definition) is 1. The van der Waals surface area contributed by atoms with Crippen molar-refractivity contribution in [3.63, 3.8) is 0 Å². The van der Waals surface area contributed by atoms with Crippen LogP contribution >= 0.6 is 0 Å². The van der Waals surface area contributed by atoms with Gasteiger partial charge in [0.1, 0.15) is 11.2 Å². The molecule has 4 aromatic rings. The Labute approximate surface area is 111 Å². The summed E-state index contributed by atoms with van der Waals surface area (Å²) in [4.78, 5) is 0. The molecule has 0 aliphatic rings. The standard InChI is InChI=1S/C18H14O/c1-11-7-9-15-17-14-6-4-3-5-13(14)8-10-16(17)19-18(15)12(11)2/h3-10H,1-2H3. The van der Waals surface area contributed by atoms with E-state index in [0.717, 1.165) is 11.2 Å². The number of aryl methyl sites for hydroxylation is 2. The Balaban J connectivity index is 2.34. The molecule has 0 spiro atoms. The molecular weight excluding hydrogens is 232 g/mol. The first-order valence-electron chi connectivity index (χ1n) is 6.56. The SMILES string of the molecule is Cc1ccc2c(oc3ccc4ccccc4c32)c1C. The molecule has 3 aromatic carbocycles. The lowest BCUT2D eigenvalue weighted by molar-refractivity contribution is 0.665. The van der Waals surface area contributed by atoms with Gasteiger partial charge in [-0.2, -0.15) is 0 Å². The van der Waals surface area contributed by atoms with Gasteiger partial charge >= 0.3 is 0 Å². The average Bonchev–Trinajstić information content (AvgIpc) is 2.83. The summed E-state index contributed by atoms with van der Waals surface area (Å²) in [5.74, 6) is 0. The molecule has 0 radical (unpaired) electrons. The van der Waals surface area contributed by atoms with Crippen molar-refractivity contribution in [2.45, 2.75) is 13.8 Å². The van der Waals surface area contributed by atoms with Crippen molar-refractivity contribution < 1.29 is 4.42 Å². The predicted octanol–water partition coefficient (Wildman–Crippen LogP) is 5.36. The molecule has 1 nitrogen and oxygen atoms in total. The van der Waals surface area contributed by atoms with Crippen LogP contribution in [-0.2, 0) is 0 Å². The van der Waals surface area contributed by atoms with Crippen molar-refractivity contribution >= 4 is 32.7 Å². The first-order valence-corrected chi connectivity index (χ1v) is 6.56. The van der Waals surface area contributed by atoms with Crippen LogP contribution in [0.1, 0.15) is 11.1 Å². The van der Waals surface area contributed by atoms with Crippen LogP contribution in [0, 0.1) is 13.8 Å². The van der Waals surface area contributed by atoms with E-state index < -0.39 is 0 Å². The Kier molecular flexibility index (Phi) is 2.02. The zero-order valence-electron chi connectivity index (χ0n) is 11.0. The van der Waals surface area contributed by atoms with Crippen LogP contribution in [0.15, 0.2) is 52.9 Å². The molecule has 19 heavy (non-hydrogen) atoms. The number of hydrogen-bond donors (Lipinski definition) is 0. The van der Waals surface area contributed by atoms with Crippen LogP contribution in [0.3, 0.4) is 0 Å². The zero-order chi connectivity index (χ0) is 13.0. The quantitative estimate of drug-likeness (QED) is 0.407. The lowest BCUT2D eigenvalue weighted by Crippen LogP contribution is -1.80. The van der Waals surface area contributed by atoms with Crippen LogP contribution in [0.4, 0.5) is 0 Å². The molecule has 1 heteroatoms. The van der Waals surface area contributed by atoms with Gasteiger partial charge in [0, 0.05) is 10.8 Å². The average molecular weight is 246 g/mol. The highest BCUT2D eigenvalue weighted by atomic mass is 16.3. The van der Waals surface area contributed by atoms with Gasteiger partial charge in [-0.3, -0.25) is 0 Å². The van der Waals surface area contributed by atoms with Gasteiger partial charge in [-0.1, -0.05) is 42.5 Å². The highest BCUT2D eigenvalue weighted by Gasteiger charge is 2.12. The van der Waals surface area contributed by atoms with Crippen LogP contribution < -0.4 is 0 Å². The second-order valence-corrected chi connectivity index (χ2v) is 5.15. The fourth-order valence-electron chi connectivity index (χ4n) is 2.84. The summed E-state index contributed by atoms with van der Waals surface area (Å²) in [6, 6.07) is 17.0. The molecule has 0 N–H and O–H groups in total. The number of rotatable bonds is 0. The van der Waals surface area contributed by atoms with E-state index in [4.69, 9.17) is 4.42 Å². The van der Waals surface area contributed by atoms with Gasteiger partial charge in [0.05, 0.1) is 0 Å².